The van der Waals surface area contributed by atoms with E-state index in [4.69, 9.17) is 9.84 Å². The van der Waals surface area contributed by atoms with Crippen molar-refractivity contribution >= 4 is 6.09 Å². The zero-order valence-electron chi connectivity index (χ0n) is 13.6. The molecule has 0 radical (unpaired) electrons. The van der Waals surface area contributed by atoms with E-state index in [1.54, 1.807) is 0 Å². The molecular formula is C17H33NO3. The quantitative estimate of drug-likeness (QED) is 0.669. The number of ether oxygens (including phenoxy) is 1. The zero-order valence-corrected chi connectivity index (χ0v) is 13.6. The van der Waals surface area contributed by atoms with Crippen LogP contribution in [0.2, 0.25) is 0 Å². The number of carbonyl (C=O) groups is 1. The van der Waals surface area contributed by atoms with E-state index in [-0.39, 0.29) is 12.7 Å². The van der Waals surface area contributed by atoms with Gasteiger partial charge in [-0.2, -0.15) is 0 Å². The van der Waals surface area contributed by atoms with Gasteiger partial charge in [0, 0.05) is 13.2 Å². The third-order valence-corrected chi connectivity index (χ3v) is 4.57. The number of nitrogens with one attached hydrogen (secondary N) is 1. The van der Waals surface area contributed by atoms with Crippen LogP contribution in [0.5, 0.6) is 0 Å². The number of amides is 1. The molecule has 21 heavy (non-hydrogen) atoms. The van der Waals surface area contributed by atoms with E-state index in [0.717, 1.165) is 25.7 Å². The summed E-state index contributed by atoms with van der Waals surface area (Å²) >= 11 is 0. The molecular weight excluding hydrogens is 266 g/mol. The number of rotatable bonds is 8. The Morgan fingerprint density at radius 3 is 2.57 bits per heavy atom. The first-order valence-electron chi connectivity index (χ1n) is 8.75. The smallest absolute Gasteiger partial charge is 0.407 e. The lowest BCUT2D eigenvalue weighted by Gasteiger charge is -2.26. The van der Waals surface area contributed by atoms with Crippen LogP contribution >= 0.6 is 0 Å². The standard InChI is InChI=1S/C17H33NO3/c1-15-10-6-2-3-7-11-16(15)14-21-17(20)18-12-8-4-5-9-13-19/h15-16,19H,2-14H2,1H3,(H,18,20). The molecule has 1 rings (SSSR count). The molecule has 2 unspecified atom stereocenters. The van der Waals surface area contributed by atoms with Crippen molar-refractivity contribution < 1.29 is 14.6 Å². The van der Waals surface area contributed by atoms with E-state index in [2.05, 4.69) is 12.2 Å². The maximum Gasteiger partial charge on any atom is 0.407 e. The highest BCUT2D eigenvalue weighted by Crippen LogP contribution is 2.27. The number of aliphatic hydroxyl groups excluding tert-OH is 1. The van der Waals surface area contributed by atoms with Gasteiger partial charge < -0.3 is 15.2 Å². The number of unbranched alkanes of at least 4 members (excludes halogenated alkanes) is 3. The second-order valence-corrected chi connectivity index (χ2v) is 6.39. The molecule has 0 aromatic carbocycles. The number of carbonyl (C=O) groups excluding carboxylic acids is 1. The molecule has 4 heteroatoms. The van der Waals surface area contributed by atoms with Gasteiger partial charge in [0.25, 0.3) is 0 Å². The average molecular weight is 299 g/mol. The van der Waals surface area contributed by atoms with E-state index >= 15 is 0 Å². The predicted octanol–water partition coefficient (Wildman–Crippen LogP) is 3.87. The van der Waals surface area contributed by atoms with Gasteiger partial charge >= 0.3 is 6.09 Å². The minimum Gasteiger partial charge on any atom is -0.449 e. The number of hydrogen-bond donors (Lipinski definition) is 2. The van der Waals surface area contributed by atoms with Gasteiger partial charge in [0.15, 0.2) is 0 Å². The molecule has 0 bridgehead atoms. The number of alkyl carbamates (subject to hydrolysis) is 1. The average Bonchev–Trinajstić information content (AvgIpc) is 2.46. The van der Waals surface area contributed by atoms with Crippen molar-refractivity contribution in [3.8, 4) is 0 Å². The highest BCUT2D eigenvalue weighted by molar-refractivity contribution is 5.67. The van der Waals surface area contributed by atoms with Crippen molar-refractivity contribution in [2.45, 2.75) is 71.1 Å². The highest BCUT2D eigenvalue weighted by atomic mass is 16.5. The summed E-state index contributed by atoms with van der Waals surface area (Å²) < 4.78 is 5.39. The monoisotopic (exact) mass is 299 g/mol. The maximum absolute atomic E-state index is 11.7. The molecule has 0 heterocycles. The predicted molar refractivity (Wildman–Crippen MR) is 85.3 cm³/mol. The van der Waals surface area contributed by atoms with Gasteiger partial charge in [-0.3, -0.25) is 0 Å². The summed E-state index contributed by atoms with van der Waals surface area (Å²) in [6.07, 6.45) is 11.3. The fourth-order valence-corrected chi connectivity index (χ4v) is 3.01. The second kappa shape index (κ2) is 11.8. The summed E-state index contributed by atoms with van der Waals surface area (Å²) in [6.45, 7) is 3.79. The normalized spacial score (nSPS) is 23.1. The van der Waals surface area contributed by atoms with Crippen LogP contribution in [0.1, 0.15) is 71.1 Å². The van der Waals surface area contributed by atoms with Gasteiger partial charge in [0.05, 0.1) is 6.61 Å². The van der Waals surface area contributed by atoms with Crippen LogP contribution in [0.4, 0.5) is 4.79 Å². The van der Waals surface area contributed by atoms with Crippen LogP contribution in [-0.2, 0) is 4.74 Å². The van der Waals surface area contributed by atoms with Crippen molar-refractivity contribution in [3.63, 3.8) is 0 Å². The molecule has 1 amide bonds. The van der Waals surface area contributed by atoms with Crippen LogP contribution in [-0.4, -0.2) is 31.0 Å². The van der Waals surface area contributed by atoms with Crippen LogP contribution in [0.3, 0.4) is 0 Å². The topological polar surface area (TPSA) is 58.6 Å². The summed E-state index contributed by atoms with van der Waals surface area (Å²) in [5.74, 6) is 1.19. The summed E-state index contributed by atoms with van der Waals surface area (Å²) in [6, 6.07) is 0. The van der Waals surface area contributed by atoms with Gasteiger partial charge in [-0.1, -0.05) is 51.9 Å². The molecule has 0 saturated heterocycles. The first kappa shape index (κ1) is 18.3. The Bertz CT molecular complexity index is 271. The van der Waals surface area contributed by atoms with Gasteiger partial charge in [-0.15, -0.1) is 0 Å². The third kappa shape index (κ3) is 8.97. The van der Waals surface area contributed by atoms with Gasteiger partial charge in [0.1, 0.15) is 0 Å². The molecule has 1 fully saturated rings. The lowest BCUT2D eigenvalue weighted by Crippen LogP contribution is -2.29. The van der Waals surface area contributed by atoms with Crippen molar-refractivity contribution in [1.29, 1.82) is 0 Å². The Kier molecular flexibility index (Phi) is 10.3. The fourth-order valence-electron chi connectivity index (χ4n) is 3.01. The first-order chi connectivity index (χ1) is 10.2. The minimum atomic E-state index is -0.272. The SMILES string of the molecule is CC1CCCCCCC1COC(=O)NCCCCCCO. The van der Waals surface area contributed by atoms with Crippen molar-refractivity contribution in [2.24, 2.45) is 11.8 Å². The summed E-state index contributed by atoms with van der Waals surface area (Å²) in [4.78, 5) is 11.7. The first-order valence-corrected chi connectivity index (χ1v) is 8.75. The third-order valence-electron chi connectivity index (χ3n) is 4.57. The molecule has 2 atom stereocenters. The molecule has 0 spiro atoms. The van der Waals surface area contributed by atoms with Crippen molar-refractivity contribution in [1.82, 2.24) is 5.32 Å². The fraction of sp³-hybridized carbons (Fsp3) is 0.941. The molecule has 0 aromatic heterocycles. The van der Waals surface area contributed by atoms with E-state index in [0.29, 0.717) is 25.0 Å². The van der Waals surface area contributed by atoms with Crippen molar-refractivity contribution in [2.75, 3.05) is 19.8 Å². The van der Waals surface area contributed by atoms with Gasteiger partial charge in [0.2, 0.25) is 0 Å². The molecule has 1 saturated carbocycles. The Morgan fingerprint density at radius 2 is 1.81 bits per heavy atom. The van der Waals surface area contributed by atoms with Crippen LogP contribution in [0, 0.1) is 11.8 Å². The van der Waals surface area contributed by atoms with E-state index in [1.807, 2.05) is 0 Å². The zero-order chi connectivity index (χ0) is 15.3. The van der Waals surface area contributed by atoms with Crippen LogP contribution < -0.4 is 5.32 Å². The summed E-state index contributed by atoms with van der Waals surface area (Å²) in [5.41, 5.74) is 0. The maximum atomic E-state index is 11.7. The Balaban J connectivity index is 2.07. The lowest BCUT2D eigenvalue weighted by atomic mass is 9.83. The molecule has 1 aliphatic carbocycles. The minimum absolute atomic E-state index is 0.259. The summed E-state index contributed by atoms with van der Waals surface area (Å²) in [7, 11) is 0. The van der Waals surface area contributed by atoms with Crippen LogP contribution in [0.25, 0.3) is 0 Å². The molecule has 124 valence electrons. The molecule has 0 aliphatic heterocycles. The highest BCUT2D eigenvalue weighted by Gasteiger charge is 2.20. The van der Waals surface area contributed by atoms with Crippen LogP contribution in [0.15, 0.2) is 0 Å². The van der Waals surface area contributed by atoms with E-state index in [9.17, 15) is 4.79 Å². The second-order valence-electron chi connectivity index (χ2n) is 6.39. The Labute approximate surface area is 129 Å². The van der Waals surface area contributed by atoms with Gasteiger partial charge in [-0.25, -0.2) is 4.79 Å². The summed E-state index contributed by atoms with van der Waals surface area (Å²) in [5, 5.41) is 11.5. The Hall–Kier alpha value is -0.770. The molecule has 4 nitrogen and oxygen atoms in total. The largest absolute Gasteiger partial charge is 0.449 e. The van der Waals surface area contributed by atoms with E-state index in [1.165, 1.54) is 38.5 Å². The molecule has 0 aromatic rings. The molecule has 2 N–H and O–H groups in total. The number of hydrogen-bond acceptors (Lipinski definition) is 3. The Morgan fingerprint density at radius 1 is 1.10 bits per heavy atom. The molecule has 1 aliphatic rings. The van der Waals surface area contributed by atoms with E-state index < -0.39 is 0 Å². The van der Waals surface area contributed by atoms with Crippen molar-refractivity contribution in [3.05, 3.63) is 0 Å². The number of aliphatic hydroxyl groups is 1. The van der Waals surface area contributed by atoms with Gasteiger partial charge in [-0.05, 0) is 31.1 Å². The lowest BCUT2D eigenvalue weighted by molar-refractivity contribution is 0.103.